The van der Waals surface area contributed by atoms with E-state index in [0.29, 0.717) is 37.5 Å². The van der Waals surface area contributed by atoms with Crippen LogP contribution in [0.5, 0.6) is 0 Å². The second kappa shape index (κ2) is 4.73. The number of alkyl halides is 3. The Hall–Kier alpha value is -1.08. The van der Waals surface area contributed by atoms with Crippen molar-refractivity contribution in [3.05, 3.63) is 17.2 Å². The van der Waals surface area contributed by atoms with Gasteiger partial charge in [-0.1, -0.05) is 0 Å². The Morgan fingerprint density at radius 3 is 2.90 bits per heavy atom. The molecule has 1 fully saturated rings. The molecule has 3 rings (SSSR count). The van der Waals surface area contributed by atoms with E-state index in [4.69, 9.17) is 4.74 Å². The topological polar surface area (TPSA) is 39.1 Å². The zero-order valence-corrected chi connectivity index (χ0v) is 11.4. The molecule has 2 aliphatic rings. The van der Waals surface area contributed by atoms with Crippen LogP contribution in [0.25, 0.3) is 0 Å². The summed E-state index contributed by atoms with van der Waals surface area (Å²) in [7, 11) is 0. The Kier molecular flexibility index (Phi) is 3.29. The molecule has 7 heteroatoms. The third-order valence-corrected chi connectivity index (χ3v) is 4.03. The molecular weight excluding hydrogens is 271 g/mol. The minimum Gasteiger partial charge on any atom is -0.373 e. The minimum absolute atomic E-state index is 0.226. The third kappa shape index (κ3) is 2.44. The Bertz CT molecular complexity index is 504. The molecule has 3 heterocycles. The monoisotopic (exact) mass is 289 g/mol. The van der Waals surface area contributed by atoms with Gasteiger partial charge in [-0.3, -0.25) is 0 Å². The first-order chi connectivity index (χ1) is 9.39. The number of nitrogens with zero attached hydrogens (tertiary/aromatic N) is 2. The van der Waals surface area contributed by atoms with Crippen molar-refractivity contribution < 1.29 is 17.9 Å². The molecule has 1 saturated heterocycles. The molecule has 0 bridgehead atoms. The predicted octanol–water partition coefficient (Wildman–Crippen LogP) is 2.12. The number of ether oxygens (including phenoxy) is 1. The van der Waals surface area contributed by atoms with Crippen molar-refractivity contribution in [2.24, 2.45) is 0 Å². The van der Waals surface area contributed by atoms with E-state index in [-0.39, 0.29) is 6.54 Å². The maximum Gasteiger partial charge on any atom is 0.449 e. The highest BCUT2D eigenvalue weighted by Crippen LogP contribution is 2.35. The summed E-state index contributed by atoms with van der Waals surface area (Å²) in [6.45, 7) is 3.82. The number of halogens is 3. The van der Waals surface area contributed by atoms with Crippen molar-refractivity contribution in [1.82, 2.24) is 14.9 Å². The molecule has 1 N–H and O–H groups in total. The highest BCUT2D eigenvalue weighted by Gasteiger charge is 2.41. The Labute approximate surface area is 115 Å². The molecule has 1 atom stereocenters. The van der Waals surface area contributed by atoms with Crippen molar-refractivity contribution in [2.75, 3.05) is 13.2 Å². The number of fused-ring (bicyclic) bond motifs is 1. The maximum atomic E-state index is 13.2. The third-order valence-electron chi connectivity index (χ3n) is 4.03. The number of nitrogens with one attached hydrogen (secondary N) is 1. The standard InChI is InChI=1S/C13H18F3N3O/c1-12(4-2-6-20-12)8-19-10-3-5-17-7-9(10)18-11(19)13(14,15)16/h17H,2-8H2,1H3. The van der Waals surface area contributed by atoms with Crippen molar-refractivity contribution in [3.8, 4) is 0 Å². The van der Waals surface area contributed by atoms with E-state index in [9.17, 15) is 13.2 Å². The van der Waals surface area contributed by atoms with Crippen molar-refractivity contribution >= 4 is 0 Å². The second-order valence-electron chi connectivity index (χ2n) is 5.74. The number of hydrogen-bond donors (Lipinski definition) is 1. The van der Waals surface area contributed by atoms with E-state index >= 15 is 0 Å². The van der Waals surface area contributed by atoms with Gasteiger partial charge in [0.2, 0.25) is 5.82 Å². The SMILES string of the molecule is CC1(Cn2c(C(F)(F)F)nc3c2CCNC3)CCCO1. The highest BCUT2D eigenvalue weighted by atomic mass is 19.4. The molecule has 20 heavy (non-hydrogen) atoms. The van der Waals surface area contributed by atoms with Crippen molar-refractivity contribution in [2.45, 2.75) is 51.1 Å². The van der Waals surface area contributed by atoms with Crippen molar-refractivity contribution in [1.29, 1.82) is 0 Å². The summed E-state index contributed by atoms with van der Waals surface area (Å²) in [5, 5.41) is 3.06. The molecule has 0 spiro atoms. The minimum atomic E-state index is -4.42. The van der Waals surface area contributed by atoms with Crippen molar-refractivity contribution in [3.63, 3.8) is 0 Å². The summed E-state index contributed by atoms with van der Waals surface area (Å²) in [6.07, 6.45) is -2.16. The van der Waals surface area contributed by atoms with E-state index < -0.39 is 17.6 Å². The van der Waals surface area contributed by atoms with E-state index in [2.05, 4.69) is 10.3 Å². The lowest BCUT2D eigenvalue weighted by atomic mass is 10.0. The van der Waals surface area contributed by atoms with Crippen LogP contribution < -0.4 is 5.32 Å². The molecule has 1 aromatic heterocycles. The second-order valence-corrected chi connectivity index (χ2v) is 5.74. The molecule has 0 saturated carbocycles. The van der Waals surface area contributed by atoms with Gasteiger partial charge in [0.1, 0.15) is 0 Å². The van der Waals surface area contributed by atoms with E-state index in [1.54, 1.807) is 0 Å². The predicted molar refractivity (Wildman–Crippen MR) is 66.2 cm³/mol. The number of rotatable bonds is 2. The van der Waals surface area contributed by atoms with Gasteiger partial charge in [0.25, 0.3) is 0 Å². The lowest BCUT2D eigenvalue weighted by Gasteiger charge is -2.27. The van der Waals surface area contributed by atoms with Crippen LogP contribution in [0.4, 0.5) is 13.2 Å². The van der Waals surface area contributed by atoms with Crippen LogP contribution >= 0.6 is 0 Å². The number of imidazole rings is 1. The molecule has 2 aliphatic heterocycles. The summed E-state index contributed by atoms with van der Waals surface area (Å²) >= 11 is 0. The van der Waals surface area contributed by atoms with Crippen LogP contribution in [0, 0.1) is 0 Å². The van der Waals surface area contributed by atoms with Gasteiger partial charge in [-0.15, -0.1) is 0 Å². The largest absolute Gasteiger partial charge is 0.449 e. The van der Waals surface area contributed by atoms with Gasteiger partial charge in [-0.2, -0.15) is 13.2 Å². The summed E-state index contributed by atoms with van der Waals surface area (Å²) in [5.74, 6) is -0.789. The number of aromatic nitrogens is 2. The fourth-order valence-corrected chi connectivity index (χ4v) is 3.05. The lowest BCUT2D eigenvalue weighted by molar-refractivity contribution is -0.148. The van der Waals surface area contributed by atoms with E-state index in [1.165, 1.54) is 4.57 Å². The van der Waals surface area contributed by atoms with Crippen LogP contribution in [-0.2, 0) is 30.4 Å². The normalized spacial score (nSPS) is 26.8. The molecule has 0 amide bonds. The zero-order chi connectivity index (χ0) is 14.4. The summed E-state index contributed by atoms with van der Waals surface area (Å²) in [4.78, 5) is 3.82. The first kappa shape index (κ1) is 13.9. The van der Waals surface area contributed by atoms with Gasteiger partial charge in [-0.05, 0) is 19.8 Å². The van der Waals surface area contributed by atoms with Gasteiger partial charge < -0.3 is 14.6 Å². The lowest BCUT2D eigenvalue weighted by Crippen LogP contribution is -2.33. The Morgan fingerprint density at radius 1 is 1.45 bits per heavy atom. The first-order valence-electron chi connectivity index (χ1n) is 6.89. The Balaban J connectivity index is 2.00. The van der Waals surface area contributed by atoms with Crippen LogP contribution in [0.15, 0.2) is 0 Å². The summed E-state index contributed by atoms with van der Waals surface area (Å²) in [5.41, 5.74) is 0.706. The maximum absolute atomic E-state index is 13.2. The smallest absolute Gasteiger partial charge is 0.373 e. The molecule has 0 aliphatic carbocycles. The fraction of sp³-hybridized carbons (Fsp3) is 0.769. The molecule has 112 valence electrons. The van der Waals surface area contributed by atoms with Gasteiger partial charge in [-0.25, -0.2) is 4.98 Å². The van der Waals surface area contributed by atoms with E-state index in [1.807, 2.05) is 6.92 Å². The molecule has 0 aromatic carbocycles. The Morgan fingerprint density at radius 2 is 2.25 bits per heavy atom. The van der Waals surface area contributed by atoms with Crippen LogP contribution in [0.1, 0.15) is 37.0 Å². The fourth-order valence-electron chi connectivity index (χ4n) is 3.05. The van der Waals surface area contributed by atoms with Crippen LogP contribution in [0.2, 0.25) is 0 Å². The van der Waals surface area contributed by atoms with Crippen LogP contribution in [-0.4, -0.2) is 28.3 Å². The van der Waals surface area contributed by atoms with Gasteiger partial charge >= 0.3 is 6.18 Å². The van der Waals surface area contributed by atoms with E-state index in [0.717, 1.165) is 12.8 Å². The molecule has 4 nitrogen and oxygen atoms in total. The zero-order valence-electron chi connectivity index (χ0n) is 11.4. The molecule has 1 unspecified atom stereocenters. The van der Waals surface area contributed by atoms with Crippen LogP contribution in [0.3, 0.4) is 0 Å². The van der Waals surface area contributed by atoms with Gasteiger partial charge in [0.15, 0.2) is 0 Å². The molecule has 0 radical (unpaired) electrons. The molecular formula is C13H18F3N3O. The average Bonchev–Trinajstić information content (AvgIpc) is 2.94. The quantitative estimate of drug-likeness (QED) is 0.906. The van der Waals surface area contributed by atoms with Gasteiger partial charge in [0, 0.05) is 31.8 Å². The summed E-state index contributed by atoms with van der Waals surface area (Å²) < 4.78 is 46.5. The van der Waals surface area contributed by atoms with Gasteiger partial charge in [0.05, 0.1) is 17.8 Å². The summed E-state index contributed by atoms with van der Waals surface area (Å²) in [6, 6.07) is 0. The highest BCUT2D eigenvalue weighted by molar-refractivity contribution is 5.22. The first-order valence-corrected chi connectivity index (χ1v) is 6.89. The molecule has 1 aromatic rings. The number of hydrogen-bond acceptors (Lipinski definition) is 3. The average molecular weight is 289 g/mol.